The van der Waals surface area contributed by atoms with Crippen LogP contribution in [-0.2, 0) is 6.54 Å². The predicted octanol–water partition coefficient (Wildman–Crippen LogP) is 2.60. The number of anilines is 1. The molecule has 0 radical (unpaired) electrons. The van der Waals surface area contributed by atoms with E-state index in [9.17, 15) is 10.1 Å². The van der Waals surface area contributed by atoms with Gasteiger partial charge in [-0.05, 0) is 18.5 Å². The van der Waals surface area contributed by atoms with Crippen LogP contribution >= 0.6 is 11.8 Å². The van der Waals surface area contributed by atoms with Crippen LogP contribution in [0.1, 0.15) is 25.8 Å². The molecule has 1 fully saturated rings. The summed E-state index contributed by atoms with van der Waals surface area (Å²) in [5.41, 5.74) is 3.81. The van der Waals surface area contributed by atoms with E-state index in [4.69, 9.17) is 5.84 Å². The molecule has 1 aliphatic rings. The normalized spacial score (nSPS) is 19.0. The number of hydrazine groups is 1. The molecule has 3 N–H and O–H groups in total. The minimum atomic E-state index is -0.403. The van der Waals surface area contributed by atoms with Crippen molar-refractivity contribution in [3.8, 4) is 0 Å². The fourth-order valence-electron chi connectivity index (χ4n) is 2.50. The number of nitrogen functional groups attached to an aromatic ring is 1. The van der Waals surface area contributed by atoms with Gasteiger partial charge in [-0.2, -0.15) is 11.8 Å². The van der Waals surface area contributed by atoms with E-state index < -0.39 is 4.92 Å². The lowest BCUT2D eigenvalue weighted by Crippen LogP contribution is -2.27. The summed E-state index contributed by atoms with van der Waals surface area (Å²) in [6, 6.07) is 5.08. The molecule has 0 bridgehead atoms. The number of rotatable bonds is 4. The summed E-state index contributed by atoms with van der Waals surface area (Å²) in [4.78, 5) is 13.0. The molecule has 1 aromatic carbocycles. The van der Waals surface area contributed by atoms with Crippen molar-refractivity contribution in [3.63, 3.8) is 0 Å². The molecular weight excluding hydrogens is 288 g/mol. The van der Waals surface area contributed by atoms with Crippen LogP contribution in [0.5, 0.6) is 0 Å². The molecule has 1 aromatic rings. The first-order valence-corrected chi connectivity index (χ1v) is 8.01. The van der Waals surface area contributed by atoms with Crippen LogP contribution in [0, 0.1) is 10.1 Å². The third-order valence-electron chi connectivity index (χ3n) is 3.79. The predicted molar refractivity (Wildman–Crippen MR) is 87.3 cm³/mol. The number of hydrogen-bond acceptors (Lipinski definition) is 6. The number of nitro benzene ring substituents is 1. The lowest BCUT2D eigenvalue weighted by Gasteiger charge is -2.23. The standard InChI is InChI=1S/C14H22N4O2S/c1-14(2)6-7-17(8-9-21-14)10-11-4-3-5-12(18(19)20)13(11)16-15/h3-5,16H,6-10,15H2,1-2H3. The van der Waals surface area contributed by atoms with Crippen LogP contribution in [0.2, 0.25) is 0 Å². The number of para-hydroxylation sites is 1. The second kappa shape index (κ2) is 6.64. The maximum atomic E-state index is 11.1. The van der Waals surface area contributed by atoms with Gasteiger partial charge in [0.1, 0.15) is 5.69 Å². The fourth-order valence-corrected chi connectivity index (χ4v) is 3.64. The van der Waals surface area contributed by atoms with Gasteiger partial charge >= 0.3 is 0 Å². The van der Waals surface area contributed by atoms with Gasteiger partial charge < -0.3 is 5.43 Å². The van der Waals surface area contributed by atoms with Gasteiger partial charge in [-0.3, -0.25) is 20.9 Å². The Labute approximate surface area is 129 Å². The van der Waals surface area contributed by atoms with E-state index in [0.29, 0.717) is 17.0 Å². The highest BCUT2D eigenvalue weighted by Gasteiger charge is 2.25. The van der Waals surface area contributed by atoms with Gasteiger partial charge in [0.05, 0.1) is 4.92 Å². The summed E-state index contributed by atoms with van der Waals surface area (Å²) in [5, 5.41) is 11.1. The quantitative estimate of drug-likeness (QED) is 0.505. The van der Waals surface area contributed by atoms with Crippen LogP contribution in [-0.4, -0.2) is 33.4 Å². The van der Waals surface area contributed by atoms with Gasteiger partial charge in [0.2, 0.25) is 0 Å². The highest BCUT2D eigenvalue weighted by Crippen LogP contribution is 2.32. The van der Waals surface area contributed by atoms with Gasteiger partial charge in [0.25, 0.3) is 5.69 Å². The van der Waals surface area contributed by atoms with Gasteiger partial charge in [0.15, 0.2) is 0 Å². The lowest BCUT2D eigenvalue weighted by molar-refractivity contribution is -0.384. The third kappa shape index (κ3) is 4.09. The number of benzene rings is 1. The van der Waals surface area contributed by atoms with Gasteiger partial charge in [0, 0.05) is 29.7 Å². The Bertz CT molecular complexity index is 522. The van der Waals surface area contributed by atoms with E-state index in [1.165, 1.54) is 6.07 Å². The van der Waals surface area contributed by atoms with Crippen LogP contribution < -0.4 is 11.3 Å². The summed E-state index contributed by atoms with van der Waals surface area (Å²) >= 11 is 1.98. The van der Waals surface area contributed by atoms with Crippen molar-refractivity contribution in [1.82, 2.24) is 4.90 Å². The Morgan fingerprint density at radius 1 is 1.48 bits per heavy atom. The van der Waals surface area contributed by atoms with E-state index in [1.807, 2.05) is 17.8 Å². The Balaban J connectivity index is 2.16. The topological polar surface area (TPSA) is 84.4 Å². The van der Waals surface area contributed by atoms with E-state index in [1.54, 1.807) is 6.07 Å². The second-order valence-corrected chi connectivity index (χ2v) is 7.65. The molecule has 2 rings (SSSR count). The molecule has 0 atom stereocenters. The van der Waals surface area contributed by atoms with Crippen molar-refractivity contribution < 1.29 is 4.92 Å². The van der Waals surface area contributed by atoms with E-state index in [0.717, 1.165) is 30.8 Å². The first-order valence-electron chi connectivity index (χ1n) is 7.02. The van der Waals surface area contributed by atoms with E-state index >= 15 is 0 Å². The molecule has 0 spiro atoms. The molecule has 0 amide bonds. The molecule has 7 heteroatoms. The van der Waals surface area contributed by atoms with Crippen molar-refractivity contribution in [3.05, 3.63) is 33.9 Å². The average Bonchev–Trinajstić information content (AvgIpc) is 2.60. The lowest BCUT2D eigenvalue weighted by atomic mass is 10.1. The van der Waals surface area contributed by atoms with E-state index in [2.05, 4.69) is 24.2 Å². The monoisotopic (exact) mass is 310 g/mol. The third-order valence-corrected chi connectivity index (χ3v) is 5.17. The minimum absolute atomic E-state index is 0.0273. The average molecular weight is 310 g/mol. The Hall–Kier alpha value is -1.31. The number of nitrogens with zero attached hydrogens (tertiary/aromatic N) is 2. The van der Waals surface area contributed by atoms with Crippen molar-refractivity contribution in [2.45, 2.75) is 31.6 Å². The molecule has 1 saturated heterocycles. The second-order valence-electron chi connectivity index (χ2n) is 5.85. The first kappa shape index (κ1) is 16.1. The summed E-state index contributed by atoms with van der Waals surface area (Å²) in [5.74, 6) is 6.57. The largest absolute Gasteiger partial charge is 0.318 e. The maximum absolute atomic E-state index is 11.1. The fraction of sp³-hybridized carbons (Fsp3) is 0.571. The zero-order valence-corrected chi connectivity index (χ0v) is 13.3. The molecular formula is C14H22N4O2S. The van der Waals surface area contributed by atoms with Gasteiger partial charge in [-0.1, -0.05) is 26.0 Å². The molecule has 0 unspecified atom stereocenters. The maximum Gasteiger partial charge on any atom is 0.293 e. The van der Waals surface area contributed by atoms with E-state index in [-0.39, 0.29) is 5.69 Å². The molecule has 0 aromatic heterocycles. The minimum Gasteiger partial charge on any atom is -0.318 e. The van der Waals surface area contributed by atoms with Gasteiger partial charge in [-0.15, -0.1) is 0 Å². The number of nitrogens with one attached hydrogen (secondary N) is 1. The molecule has 6 nitrogen and oxygen atoms in total. The molecule has 1 heterocycles. The zero-order valence-electron chi connectivity index (χ0n) is 12.5. The van der Waals surface area contributed by atoms with Crippen LogP contribution in [0.4, 0.5) is 11.4 Å². The molecule has 0 saturated carbocycles. The van der Waals surface area contributed by atoms with Crippen LogP contribution in [0.3, 0.4) is 0 Å². The Morgan fingerprint density at radius 2 is 2.24 bits per heavy atom. The highest BCUT2D eigenvalue weighted by atomic mass is 32.2. The number of hydrogen-bond donors (Lipinski definition) is 2. The van der Waals surface area contributed by atoms with Crippen LogP contribution in [0.25, 0.3) is 0 Å². The summed E-state index contributed by atoms with van der Waals surface area (Å²) in [6.45, 7) is 7.19. The van der Waals surface area contributed by atoms with Crippen LogP contribution in [0.15, 0.2) is 18.2 Å². The Morgan fingerprint density at radius 3 is 2.90 bits per heavy atom. The molecule has 116 valence electrons. The summed E-state index contributed by atoms with van der Waals surface area (Å²) < 4.78 is 0.298. The first-order chi connectivity index (χ1) is 9.93. The summed E-state index contributed by atoms with van der Waals surface area (Å²) in [6.07, 6.45) is 1.11. The number of nitro groups is 1. The van der Waals surface area contributed by atoms with Crippen molar-refractivity contribution in [2.75, 3.05) is 24.3 Å². The number of thioether (sulfide) groups is 1. The SMILES string of the molecule is CC1(C)CCN(Cc2cccc([N+](=O)[O-])c2NN)CCS1. The van der Waals surface area contributed by atoms with Crippen molar-refractivity contribution in [1.29, 1.82) is 0 Å². The zero-order chi connectivity index (χ0) is 15.5. The molecule has 1 aliphatic heterocycles. The smallest absolute Gasteiger partial charge is 0.293 e. The molecule has 0 aliphatic carbocycles. The molecule has 21 heavy (non-hydrogen) atoms. The van der Waals surface area contributed by atoms with Crippen molar-refractivity contribution in [2.24, 2.45) is 5.84 Å². The Kier molecular flexibility index (Phi) is 5.08. The van der Waals surface area contributed by atoms with Crippen molar-refractivity contribution >= 4 is 23.1 Å². The van der Waals surface area contributed by atoms with Gasteiger partial charge in [-0.25, -0.2) is 0 Å². The number of nitrogens with two attached hydrogens (primary N) is 1. The highest BCUT2D eigenvalue weighted by molar-refractivity contribution is 8.00. The summed E-state index contributed by atoms with van der Waals surface area (Å²) in [7, 11) is 0.